The van der Waals surface area contributed by atoms with Gasteiger partial charge in [-0.3, -0.25) is 13.9 Å². The van der Waals surface area contributed by atoms with Gasteiger partial charge in [-0.1, -0.05) is 63.9 Å². The second-order valence-corrected chi connectivity index (χ2v) is 9.28. The van der Waals surface area contributed by atoms with Gasteiger partial charge in [-0.25, -0.2) is 9.59 Å². The number of rotatable bonds is 11. The van der Waals surface area contributed by atoms with E-state index >= 15 is 0 Å². The minimum atomic E-state index is -0.538. The molecule has 0 spiro atoms. The summed E-state index contributed by atoms with van der Waals surface area (Å²) in [5.41, 5.74) is 0.397. The fourth-order valence-electron chi connectivity index (χ4n) is 3.78. The number of fused-ring (bicyclic) bond motifs is 1. The van der Waals surface area contributed by atoms with E-state index in [4.69, 9.17) is 16.3 Å². The van der Waals surface area contributed by atoms with Crippen LogP contribution in [0.5, 0.6) is 0 Å². The number of alkyl carbamates (subject to hydrolysis) is 1. The summed E-state index contributed by atoms with van der Waals surface area (Å²) in [7, 11) is 0. The van der Waals surface area contributed by atoms with E-state index < -0.39 is 17.3 Å². The number of amides is 1. The van der Waals surface area contributed by atoms with E-state index in [0.717, 1.165) is 29.4 Å². The number of ether oxygens (including phenoxy) is 1. The summed E-state index contributed by atoms with van der Waals surface area (Å²) < 4.78 is 7.88. The van der Waals surface area contributed by atoms with Crippen LogP contribution in [0, 0.1) is 0 Å². The number of aromatic amines is 1. The van der Waals surface area contributed by atoms with Crippen molar-refractivity contribution in [2.45, 2.75) is 65.0 Å². The molecule has 1 aromatic carbocycles. The van der Waals surface area contributed by atoms with Crippen molar-refractivity contribution < 1.29 is 9.53 Å². The molecule has 0 saturated carbocycles. The molecular weight excluding hydrogens is 458 g/mol. The number of aryl methyl sites for hydroxylation is 1. The summed E-state index contributed by atoms with van der Waals surface area (Å²) in [6.07, 6.45) is 2.52. The van der Waals surface area contributed by atoms with Gasteiger partial charge in [-0.2, -0.15) is 4.98 Å². The maximum Gasteiger partial charge on any atom is 0.407 e. The minimum absolute atomic E-state index is 0.0620. The SMILES string of the molecule is CCCCCn1c(=O)n(CCCOC(=O)NCC(C)(C)c2ccccc2)c(=O)c2[nH]c(Cl)nc21. The Morgan fingerprint density at radius 1 is 1.12 bits per heavy atom. The molecule has 3 rings (SSSR count). The van der Waals surface area contributed by atoms with Crippen LogP contribution in [0.3, 0.4) is 0 Å². The predicted molar refractivity (Wildman–Crippen MR) is 133 cm³/mol. The van der Waals surface area contributed by atoms with Crippen molar-refractivity contribution in [3.63, 3.8) is 0 Å². The lowest BCUT2D eigenvalue weighted by molar-refractivity contribution is 0.141. The van der Waals surface area contributed by atoms with Gasteiger partial charge >= 0.3 is 11.8 Å². The molecule has 0 unspecified atom stereocenters. The lowest BCUT2D eigenvalue weighted by Crippen LogP contribution is -2.40. The number of carbonyl (C=O) groups excluding carboxylic acids is 1. The molecule has 0 aliphatic heterocycles. The summed E-state index contributed by atoms with van der Waals surface area (Å²) in [5.74, 6) is 0. The second kappa shape index (κ2) is 11.4. The first-order chi connectivity index (χ1) is 16.2. The van der Waals surface area contributed by atoms with Gasteiger partial charge in [0.1, 0.15) is 0 Å². The molecule has 1 amide bonds. The molecule has 2 aromatic heterocycles. The van der Waals surface area contributed by atoms with Crippen molar-refractivity contribution in [1.29, 1.82) is 0 Å². The van der Waals surface area contributed by atoms with Crippen LogP contribution in [0.15, 0.2) is 39.9 Å². The largest absolute Gasteiger partial charge is 0.449 e. The smallest absolute Gasteiger partial charge is 0.407 e. The van der Waals surface area contributed by atoms with Gasteiger partial charge in [-0.15, -0.1) is 0 Å². The molecule has 2 heterocycles. The molecule has 184 valence electrons. The Kier molecular flexibility index (Phi) is 8.55. The summed E-state index contributed by atoms with van der Waals surface area (Å²) >= 11 is 5.96. The summed E-state index contributed by atoms with van der Waals surface area (Å²) in [6, 6.07) is 9.91. The number of aromatic nitrogens is 4. The number of unbranched alkanes of at least 4 members (excludes halogenated alkanes) is 2. The van der Waals surface area contributed by atoms with Gasteiger partial charge in [0.15, 0.2) is 11.2 Å². The number of carbonyl (C=O) groups is 1. The molecule has 9 nitrogen and oxygen atoms in total. The lowest BCUT2D eigenvalue weighted by atomic mass is 9.85. The first-order valence-corrected chi connectivity index (χ1v) is 12.0. The number of hydrogen-bond acceptors (Lipinski definition) is 5. The molecule has 0 atom stereocenters. The van der Waals surface area contributed by atoms with Crippen LogP contribution >= 0.6 is 11.6 Å². The topological polar surface area (TPSA) is 111 Å². The first kappa shape index (κ1) is 25.6. The van der Waals surface area contributed by atoms with E-state index in [2.05, 4.69) is 22.2 Å². The average molecular weight is 490 g/mol. The molecule has 3 aromatic rings. The van der Waals surface area contributed by atoms with E-state index in [1.54, 1.807) is 0 Å². The summed E-state index contributed by atoms with van der Waals surface area (Å²) in [5, 5.41) is 2.85. The summed E-state index contributed by atoms with van der Waals surface area (Å²) in [6.45, 7) is 7.19. The Balaban J connectivity index is 1.59. The van der Waals surface area contributed by atoms with Gasteiger partial charge in [0.05, 0.1) is 6.61 Å². The third-order valence-electron chi connectivity index (χ3n) is 5.81. The highest BCUT2D eigenvalue weighted by molar-refractivity contribution is 6.28. The molecule has 34 heavy (non-hydrogen) atoms. The van der Waals surface area contributed by atoms with Crippen molar-refractivity contribution >= 4 is 28.9 Å². The van der Waals surface area contributed by atoms with E-state index in [-0.39, 0.29) is 35.0 Å². The van der Waals surface area contributed by atoms with Crippen LogP contribution in [-0.2, 0) is 23.2 Å². The van der Waals surface area contributed by atoms with Crippen molar-refractivity contribution in [3.05, 3.63) is 62.0 Å². The molecular formula is C24H32ClN5O4. The highest BCUT2D eigenvalue weighted by atomic mass is 35.5. The molecule has 0 bridgehead atoms. The molecule has 0 radical (unpaired) electrons. The molecule has 0 aliphatic carbocycles. The van der Waals surface area contributed by atoms with Crippen molar-refractivity contribution in [2.75, 3.05) is 13.2 Å². The Morgan fingerprint density at radius 2 is 1.82 bits per heavy atom. The summed E-state index contributed by atoms with van der Waals surface area (Å²) in [4.78, 5) is 44.8. The first-order valence-electron chi connectivity index (χ1n) is 11.6. The number of H-pyrrole nitrogens is 1. The zero-order valence-corrected chi connectivity index (χ0v) is 20.7. The molecule has 0 fully saturated rings. The Morgan fingerprint density at radius 3 is 2.53 bits per heavy atom. The van der Waals surface area contributed by atoms with Gasteiger partial charge in [0.2, 0.25) is 5.28 Å². The van der Waals surface area contributed by atoms with Crippen molar-refractivity contribution in [2.24, 2.45) is 0 Å². The van der Waals surface area contributed by atoms with Crippen molar-refractivity contribution in [3.8, 4) is 0 Å². The number of nitrogens with zero attached hydrogens (tertiary/aromatic N) is 3. The second-order valence-electron chi connectivity index (χ2n) is 8.92. The molecule has 2 N–H and O–H groups in total. The Hall–Kier alpha value is -3.07. The zero-order valence-electron chi connectivity index (χ0n) is 19.9. The predicted octanol–water partition coefficient (Wildman–Crippen LogP) is 3.82. The van der Waals surface area contributed by atoms with Crippen LogP contribution in [-0.4, -0.2) is 38.3 Å². The van der Waals surface area contributed by atoms with Crippen LogP contribution in [0.2, 0.25) is 5.28 Å². The number of benzene rings is 1. The minimum Gasteiger partial charge on any atom is -0.449 e. The van der Waals surface area contributed by atoms with Crippen molar-refractivity contribution in [1.82, 2.24) is 24.4 Å². The van der Waals surface area contributed by atoms with Gasteiger partial charge in [-0.05, 0) is 30.0 Å². The zero-order chi connectivity index (χ0) is 24.7. The van der Waals surface area contributed by atoms with E-state index in [9.17, 15) is 14.4 Å². The quantitative estimate of drug-likeness (QED) is 0.314. The molecule has 0 saturated heterocycles. The molecule has 0 aliphatic rings. The van der Waals surface area contributed by atoms with E-state index in [0.29, 0.717) is 19.5 Å². The number of nitrogens with one attached hydrogen (secondary N) is 2. The highest BCUT2D eigenvalue weighted by Crippen LogP contribution is 2.21. The number of imidazole rings is 1. The highest BCUT2D eigenvalue weighted by Gasteiger charge is 2.21. The number of hydrogen-bond donors (Lipinski definition) is 2. The fourth-order valence-corrected chi connectivity index (χ4v) is 3.95. The number of halogens is 1. The Labute approximate surface area is 203 Å². The van der Waals surface area contributed by atoms with Crippen LogP contribution in [0.25, 0.3) is 11.2 Å². The third-order valence-corrected chi connectivity index (χ3v) is 5.99. The Bertz CT molecular complexity index is 1230. The van der Waals surface area contributed by atoms with Gasteiger partial charge < -0.3 is 15.0 Å². The third kappa shape index (κ3) is 6.08. The van der Waals surface area contributed by atoms with Crippen LogP contribution in [0.1, 0.15) is 52.0 Å². The van der Waals surface area contributed by atoms with E-state index in [1.165, 1.54) is 4.57 Å². The normalized spacial score (nSPS) is 11.6. The van der Waals surface area contributed by atoms with E-state index in [1.807, 2.05) is 44.2 Å². The lowest BCUT2D eigenvalue weighted by Gasteiger charge is -2.25. The average Bonchev–Trinajstić information content (AvgIpc) is 3.21. The monoisotopic (exact) mass is 489 g/mol. The fraction of sp³-hybridized carbons (Fsp3) is 0.500. The standard InChI is InChI=1S/C24H32ClN5O4/c1-4-5-9-13-29-19-18(27-21(25)28-19)20(31)30(23(29)33)14-10-15-34-22(32)26-16-24(2,3)17-11-7-6-8-12-17/h6-8,11-12H,4-5,9-10,13-16H2,1-3H3,(H,26,32)(H,27,28). The van der Waals surface area contributed by atoms with Gasteiger partial charge in [0, 0.05) is 25.0 Å². The van der Waals surface area contributed by atoms with Crippen LogP contribution < -0.4 is 16.6 Å². The maximum atomic E-state index is 13.0. The molecule has 10 heteroatoms. The van der Waals surface area contributed by atoms with Gasteiger partial charge in [0.25, 0.3) is 5.56 Å². The van der Waals surface area contributed by atoms with Crippen LogP contribution in [0.4, 0.5) is 4.79 Å². The maximum absolute atomic E-state index is 13.0.